The molecule has 0 heterocycles. The van der Waals surface area contributed by atoms with Gasteiger partial charge in [-0.25, -0.2) is 0 Å². The molecule has 2 aromatic carbocycles. The van der Waals surface area contributed by atoms with Crippen molar-refractivity contribution in [3.05, 3.63) is 75.3 Å². The Balaban J connectivity index is 2.03. The van der Waals surface area contributed by atoms with Gasteiger partial charge in [-0.3, -0.25) is 14.9 Å². The average molecular weight is 320 g/mol. The second-order valence-electron chi connectivity index (χ2n) is 4.06. The van der Waals surface area contributed by atoms with E-state index in [0.717, 1.165) is 16.7 Å². The summed E-state index contributed by atoms with van der Waals surface area (Å²) >= 11 is 6.83. The maximum Gasteiger partial charge on any atom is 0.270 e. The van der Waals surface area contributed by atoms with Gasteiger partial charge in [0.15, 0.2) is 0 Å². The molecule has 0 unspecified atom stereocenters. The van der Waals surface area contributed by atoms with Crippen molar-refractivity contribution in [1.82, 2.24) is 0 Å². The molecule has 0 amide bonds. The summed E-state index contributed by atoms with van der Waals surface area (Å²) < 4.78 is 0. The van der Waals surface area contributed by atoms with Gasteiger partial charge in [0.25, 0.3) is 5.69 Å². The Bertz CT molecular complexity index is 698. The van der Waals surface area contributed by atoms with Gasteiger partial charge in [-0.1, -0.05) is 29.8 Å². The van der Waals surface area contributed by atoms with Gasteiger partial charge < -0.3 is 0 Å². The first-order valence-corrected chi connectivity index (χ1v) is 7.14. The lowest BCUT2D eigenvalue weighted by atomic mass is 10.2. The number of carbonyl (C=O) groups is 1. The highest BCUT2D eigenvalue weighted by Gasteiger charge is 2.05. The fraction of sp³-hybridized carbons (Fsp3) is 0. The van der Waals surface area contributed by atoms with Crippen LogP contribution in [0.5, 0.6) is 0 Å². The van der Waals surface area contributed by atoms with Crippen LogP contribution in [-0.4, -0.2) is 10.0 Å². The van der Waals surface area contributed by atoms with Crippen molar-refractivity contribution in [3.8, 4) is 0 Å². The molecule has 0 aliphatic rings. The highest BCUT2D eigenvalue weighted by atomic mass is 35.5. The largest absolute Gasteiger partial charge is 0.282 e. The van der Waals surface area contributed by atoms with Gasteiger partial charge in [0, 0.05) is 22.1 Å². The number of nitro groups is 1. The highest BCUT2D eigenvalue weighted by molar-refractivity contribution is 8.14. The molecular weight excluding hydrogens is 310 g/mol. The first-order chi connectivity index (χ1) is 10.0. The SMILES string of the molecule is O=C(/C=C/c1cccc([N+](=O)[O-])c1)Sc1ccc(Cl)cc1. The fourth-order valence-corrected chi connectivity index (χ4v) is 2.33. The first-order valence-electron chi connectivity index (χ1n) is 5.94. The molecule has 0 saturated heterocycles. The second kappa shape index (κ2) is 7.06. The molecule has 2 aromatic rings. The summed E-state index contributed by atoms with van der Waals surface area (Å²) in [4.78, 5) is 22.8. The molecule has 0 aromatic heterocycles. The smallest absolute Gasteiger partial charge is 0.270 e. The summed E-state index contributed by atoms with van der Waals surface area (Å²) in [6.45, 7) is 0. The van der Waals surface area contributed by atoms with E-state index in [1.54, 1.807) is 42.5 Å². The maximum atomic E-state index is 11.8. The quantitative estimate of drug-likeness (QED) is 0.358. The molecule has 2 rings (SSSR count). The minimum atomic E-state index is -0.471. The Hall–Kier alpha value is -2.11. The number of hydrogen-bond acceptors (Lipinski definition) is 4. The Kier molecular flexibility index (Phi) is 5.14. The van der Waals surface area contributed by atoms with Crippen molar-refractivity contribution in [3.63, 3.8) is 0 Å². The third kappa shape index (κ3) is 4.73. The van der Waals surface area contributed by atoms with E-state index in [1.165, 1.54) is 18.2 Å². The van der Waals surface area contributed by atoms with Gasteiger partial charge in [-0.15, -0.1) is 0 Å². The van der Waals surface area contributed by atoms with Crippen LogP contribution in [0.4, 0.5) is 5.69 Å². The van der Waals surface area contributed by atoms with E-state index in [1.807, 2.05) is 0 Å². The van der Waals surface area contributed by atoms with Crippen LogP contribution < -0.4 is 0 Å². The predicted molar refractivity (Wildman–Crippen MR) is 84.4 cm³/mol. The third-order valence-corrected chi connectivity index (χ3v) is 3.62. The molecule has 0 N–H and O–H groups in total. The van der Waals surface area contributed by atoms with Gasteiger partial charge in [0.1, 0.15) is 0 Å². The van der Waals surface area contributed by atoms with Crippen molar-refractivity contribution in [2.24, 2.45) is 0 Å². The topological polar surface area (TPSA) is 60.2 Å². The van der Waals surface area contributed by atoms with Crippen molar-refractivity contribution in [2.45, 2.75) is 4.90 Å². The lowest BCUT2D eigenvalue weighted by molar-refractivity contribution is -0.384. The number of non-ortho nitro benzene ring substituents is 1. The maximum absolute atomic E-state index is 11.8. The fourth-order valence-electron chi connectivity index (χ4n) is 1.56. The number of hydrogen-bond donors (Lipinski definition) is 0. The van der Waals surface area contributed by atoms with Crippen LogP contribution in [0.3, 0.4) is 0 Å². The highest BCUT2D eigenvalue weighted by Crippen LogP contribution is 2.22. The number of rotatable bonds is 4. The molecular formula is C15H10ClNO3S. The van der Waals surface area contributed by atoms with Gasteiger partial charge in [0.05, 0.1) is 4.92 Å². The number of thioether (sulfide) groups is 1. The summed E-state index contributed by atoms with van der Waals surface area (Å²) in [6, 6.07) is 13.0. The molecule has 0 fully saturated rings. The number of halogens is 1. The summed E-state index contributed by atoms with van der Waals surface area (Å²) in [7, 11) is 0. The molecule has 4 nitrogen and oxygen atoms in total. The summed E-state index contributed by atoms with van der Waals surface area (Å²) in [5, 5.41) is 11.1. The third-order valence-electron chi connectivity index (χ3n) is 2.52. The number of nitrogens with zero attached hydrogens (tertiary/aromatic N) is 1. The lowest BCUT2D eigenvalue weighted by Crippen LogP contribution is -1.88. The van der Waals surface area contributed by atoms with Gasteiger partial charge in [0.2, 0.25) is 5.12 Å². The zero-order chi connectivity index (χ0) is 15.2. The lowest BCUT2D eigenvalue weighted by Gasteiger charge is -1.97. The molecule has 0 saturated carbocycles. The molecule has 21 heavy (non-hydrogen) atoms. The first kappa shape index (κ1) is 15.3. The minimum absolute atomic E-state index is 0.00467. The van der Waals surface area contributed by atoms with Gasteiger partial charge in [-0.2, -0.15) is 0 Å². The van der Waals surface area contributed by atoms with Gasteiger partial charge >= 0.3 is 0 Å². The van der Waals surface area contributed by atoms with Gasteiger partial charge in [-0.05, 0) is 47.7 Å². The second-order valence-corrected chi connectivity index (χ2v) is 5.57. The Morgan fingerprint density at radius 1 is 1.19 bits per heavy atom. The van der Waals surface area contributed by atoms with E-state index < -0.39 is 4.92 Å². The van der Waals surface area contributed by atoms with Crippen LogP contribution in [0.1, 0.15) is 5.56 Å². The van der Waals surface area contributed by atoms with Crippen LogP contribution in [0.2, 0.25) is 5.02 Å². The standard InChI is InChI=1S/C15H10ClNO3S/c16-12-5-7-14(8-6-12)21-15(18)9-4-11-2-1-3-13(10-11)17(19)20/h1-10H/b9-4+. The molecule has 0 atom stereocenters. The molecule has 0 aliphatic carbocycles. The molecule has 106 valence electrons. The van der Waals surface area contributed by atoms with Crippen molar-refractivity contribution in [1.29, 1.82) is 0 Å². The molecule has 0 spiro atoms. The zero-order valence-electron chi connectivity index (χ0n) is 10.7. The summed E-state index contributed by atoms with van der Waals surface area (Å²) in [6.07, 6.45) is 2.94. The van der Waals surface area contributed by atoms with E-state index >= 15 is 0 Å². The zero-order valence-corrected chi connectivity index (χ0v) is 12.3. The van der Waals surface area contributed by atoms with E-state index in [9.17, 15) is 14.9 Å². The van der Waals surface area contributed by atoms with E-state index in [4.69, 9.17) is 11.6 Å². The Morgan fingerprint density at radius 3 is 2.57 bits per heavy atom. The normalized spacial score (nSPS) is 10.7. The van der Waals surface area contributed by atoms with Crippen LogP contribution in [-0.2, 0) is 4.79 Å². The minimum Gasteiger partial charge on any atom is -0.282 e. The number of nitro benzene ring substituents is 1. The average Bonchev–Trinajstić information content (AvgIpc) is 2.48. The summed E-state index contributed by atoms with van der Waals surface area (Å²) in [5.41, 5.74) is 0.601. The van der Waals surface area contributed by atoms with E-state index in [-0.39, 0.29) is 10.8 Å². The molecule has 6 heteroatoms. The summed E-state index contributed by atoms with van der Waals surface area (Å²) in [5.74, 6) is 0. The van der Waals surface area contributed by atoms with Crippen molar-refractivity contribution < 1.29 is 9.72 Å². The number of carbonyl (C=O) groups excluding carboxylic acids is 1. The van der Waals surface area contributed by atoms with E-state index in [0.29, 0.717) is 10.6 Å². The molecule has 0 aliphatic heterocycles. The van der Waals surface area contributed by atoms with Crippen molar-refractivity contribution in [2.75, 3.05) is 0 Å². The monoisotopic (exact) mass is 319 g/mol. The number of benzene rings is 2. The van der Waals surface area contributed by atoms with Crippen LogP contribution in [0.25, 0.3) is 6.08 Å². The van der Waals surface area contributed by atoms with Crippen LogP contribution in [0.15, 0.2) is 59.5 Å². The van der Waals surface area contributed by atoms with Crippen molar-refractivity contribution >= 4 is 40.2 Å². The Labute approximate surface area is 130 Å². The van der Waals surface area contributed by atoms with Crippen LogP contribution in [0, 0.1) is 10.1 Å². The van der Waals surface area contributed by atoms with Crippen LogP contribution >= 0.6 is 23.4 Å². The predicted octanol–water partition coefficient (Wildman–Crippen LogP) is 4.58. The van der Waals surface area contributed by atoms with E-state index in [2.05, 4.69) is 0 Å². The molecule has 0 radical (unpaired) electrons. The Morgan fingerprint density at radius 2 is 1.90 bits per heavy atom. The molecule has 0 bridgehead atoms.